The number of benzene rings is 1. The van der Waals surface area contributed by atoms with Gasteiger partial charge in [-0.05, 0) is 62.4 Å². The van der Waals surface area contributed by atoms with E-state index in [1.807, 2.05) is 19.1 Å². The highest BCUT2D eigenvalue weighted by molar-refractivity contribution is 8.00. The summed E-state index contributed by atoms with van der Waals surface area (Å²) in [5, 5.41) is 4.14. The van der Waals surface area contributed by atoms with Crippen LogP contribution in [0.2, 0.25) is 5.02 Å². The van der Waals surface area contributed by atoms with E-state index in [-0.39, 0.29) is 16.7 Å². The van der Waals surface area contributed by atoms with Gasteiger partial charge in [-0.15, -0.1) is 11.3 Å². The number of hydrogen-bond acceptors (Lipinski definition) is 5. The van der Waals surface area contributed by atoms with Crippen LogP contribution < -0.4 is 10.9 Å². The van der Waals surface area contributed by atoms with Gasteiger partial charge in [-0.25, -0.2) is 4.98 Å². The van der Waals surface area contributed by atoms with E-state index < -0.39 is 0 Å². The SMILES string of the molecule is CNC(=O)C(C)Sc1nc2sc3c(c2c(=O)n1-c1ccc(Cl)cc1)CCCC3. The van der Waals surface area contributed by atoms with Crippen molar-refractivity contribution in [1.29, 1.82) is 0 Å². The lowest BCUT2D eigenvalue weighted by Gasteiger charge is -2.15. The molecule has 3 aromatic rings. The van der Waals surface area contributed by atoms with E-state index in [2.05, 4.69) is 5.32 Å². The third-order valence-corrected chi connectivity index (χ3v) is 7.43. The largest absolute Gasteiger partial charge is 0.358 e. The first kappa shape index (κ1) is 19.5. The molecule has 4 rings (SSSR count). The van der Waals surface area contributed by atoms with Crippen molar-refractivity contribution in [2.45, 2.75) is 43.0 Å². The molecule has 0 radical (unpaired) electrons. The Bertz CT molecular complexity index is 1110. The van der Waals surface area contributed by atoms with E-state index in [4.69, 9.17) is 16.6 Å². The Hall–Kier alpha value is -1.83. The summed E-state index contributed by atoms with van der Waals surface area (Å²) >= 11 is 8.94. The maximum absolute atomic E-state index is 13.6. The van der Waals surface area contributed by atoms with Crippen LogP contribution in [0.5, 0.6) is 0 Å². The Morgan fingerprint density at radius 2 is 2.00 bits per heavy atom. The highest BCUT2D eigenvalue weighted by Crippen LogP contribution is 2.35. The number of thioether (sulfide) groups is 1. The summed E-state index contributed by atoms with van der Waals surface area (Å²) < 4.78 is 1.62. The lowest BCUT2D eigenvalue weighted by molar-refractivity contribution is -0.119. The molecular formula is C20H20ClN3O2S2. The predicted molar refractivity (Wildman–Crippen MR) is 116 cm³/mol. The molecular weight excluding hydrogens is 414 g/mol. The number of amides is 1. The molecule has 0 saturated carbocycles. The molecule has 0 bridgehead atoms. The standard InChI is InChI=1S/C20H20ClN3O2S2/c1-11(17(25)22-2)27-20-23-18-16(14-5-3-4-6-15(14)28-18)19(26)24(20)13-9-7-12(21)8-10-13/h7-11H,3-6H2,1-2H3,(H,22,25). The van der Waals surface area contributed by atoms with Crippen LogP contribution in [0.25, 0.3) is 15.9 Å². The minimum Gasteiger partial charge on any atom is -0.358 e. The summed E-state index contributed by atoms with van der Waals surface area (Å²) in [6, 6.07) is 7.13. The molecule has 0 saturated heterocycles. The average Bonchev–Trinajstić information content (AvgIpc) is 3.07. The van der Waals surface area contributed by atoms with Gasteiger partial charge in [0.15, 0.2) is 5.16 Å². The first-order valence-corrected chi connectivity index (χ1v) is 11.3. The molecule has 8 heteroatoms. The number of carbonyl (C=O) groups is 1. The first-order valence-electron chi connectivity index (χ1n) is 9.21. The summed E-state index contributed by atoms with van der Waals surface area (Å²) in [7, 11) is 1.61. The Labute approximate surface area is 176 Å². The van der Waals surface area contributed by atoms with E-state index in [0.29, 0.717) is 15.9 Å². The molecule has 28 heavy (non-hydrogen) atoms. The Morgan fingerprint density at radius 3 is 2.71 bits per heavy atom. The van der Waals surface area contributed by atoms with Crippen molar-refractivity contribution in [3.05, 3.63) is 50.1 Å². The maximum atomic E-state index is 13.6. The second-order valence-electron chi connectivity index (χ2n) is 6.78. The van der Waals surface area contributed by atoms with Crippen molar-refractivity contribution in [1.82, 2.24) is 14.9 Å². The monoisotopic (exact) mass is 433 g/mol. The molecule has 2 aromatic heterocycles. The number of nitrogens with one attached hydrogen (secondary N) is 1. The molecule has 2 heterocycles. The van der Waals surface area contributed by atoms with E-state index in [1.54, 1.807) is 35.1 Å². The molecule has 1 aliphatic carbocycles. The molecule has 1 aliphatic rings. The van der Waals surface area contributed by atoms with Gasteiger partial charge in [0.25, 0.3) is 5.56 Å². The highest BCUT2D eigenvalue weighted by Gasteiger charge is 2.24. The zero-order chi connectivity index (χ0) is 19.8. The van der Waals surface area contributed by atoms with Crippen molar-refractivity contribution < 1.29 is 4.79 Å². The second-order valence-corrected chi connectivity index (χ2v) is 9.60. The van der Waals surface area contributed by atoms with Crippen LogP contribution in [0.3, 0.4) is 0 Å². The van der Waals surface area contributed by atoms with Crippen molar-refractivity contribution in [2.24, 2.45) is 0 Å². The Balaban J connectivity index is 1.95. The molecule has 1 aromatic carbocycles. The van der Waals surface area contributed by atoms with Crippen LogP contribution >= 0.6 is 34.7 Å². The fourth-order valence-electron chi connectivity index (χ4n) is 3.50. The third-order valence-electron chi connectivity index (χ3n) is 4.94. The number of carbonyl (C=O) groups excluding carboxylic acids is 1. The summed E-state index contributed by atoms with van der Waals surface area (Å²) in [5.41, 5.74) is 1.78. The van der Waals surface area contributed by atoms with Crippen molar-refractivity contribution in [3.63, 3.8) is 0 Å². The molecule has 0 aliphatic heterocycles. The molecule has 1 N–H and O–H groups in total. The lowest BCUT2D eigenvalue weighted by atomic mass is 9.97. The highest BCUT2D eigenvalue weighted by atomic mass is 35.5. The van der Waals surface area contributed by atoms with Crippen LogP contribution in [-0.4, -0.2) is 27.8 Å². The number of aryl methyl sites for hydroxylation is 2. The van der Waals surface area contributed by atoms with Crippen LogP contribution in [-0.2, 0) is 17.6 Å². The number of aromatic nitrogens is 2. The molecule has 0 fully saturated rings. The fraction of sp³-hybridized carbons (Fsp3) is 0.350. The summed E-state index contributed by atoms with van der Waals surface area (Å²) in [4.78, 5) is 32.5. The zero-order valence-electron chi connectivity index (χ0n) is 15.6. The predicted octanol–water partition coefficient (Wildman–Crippen LogP) is 4.21. The molecule has 0 spiro atoms. The van der Waals surface area contributed by atoms with Crippen LogP contribution in [0.4, 0.5) is 0 Å². The van der Waals surface area contributed by atoms with Crippen molar-refractivity contribution >= 4 is 50.8 Å². The minimum absolute atomic E-state index is 0.0710. The van der Waals surface area contributed by atoms with Gasteiger partial charge in [0, 0.05) is 16.9 Å². The van der Waals surface area contributed by atoms with Gasteiger partial charge in [0.1, 0.15) is 4.83 Å². The van der Waals surface area contributed by atoms with E-state index in [9.17, 15) is 9.59 Å². The summed E-state index contributed by atoms with van der Waals surface area (Å²) in [5.74, 6) is -0.104. The zero-order valence-corrected chi connectivity index (χ0v) is 18.0. The Kier molecular flexibility index (Phi) is 5.49. The van der Waals surface area contributed by atoms with Gasteiger partial charge in [-0.1, -0.05) is 23.4 Å². The number of thiophene rings is 1. The van der Waals surface area contributed by atoms with Crippen LogP contribution in [0.15, 0.2) is 34.2 Å². The number of hydrogen-bond donors (Lipinski definition) is 1. The van der Waals surface area contributed by atoms with Crippen LogP contribution in [0.1, 0.15) is 30.2 Å². The molecule has 146 valence electrons. The molecule has 1 unspecified atom stereocenters. The van der Waals surface area contributed by atoms with Gasteiger partial charge in [-0.2, -0.15) is 0 Å². The number of halogens is 1. The first-order chi connectivity index (χ1) is 13.5. The molecule has 1 atom stereocenters. The van der Waals surface area contributed by atoms with Gasteiger partial charge in [-0.3, -0.25) is 14.2 Å². The topological polar surface area (TPSA) is 64.0 Å². The minimum atomic E-state index is -0.373. The maximum Gasteiger partial charge on any atom is 0.267 e. The average molecular weight is 434 g/mol. The normalized spacial score (nSPS) is 14.7. The van der Waals surface area contributed by atoms with Gasteiger partial charge in [0.2, 0.25) is 5.91 Å². The third kappa shape index (κ3) is 3.47. The van der Waals surface area contributed by atoms with Crippen molar-refractivity contribution in [2.75, 3.05) is 7.05 Å². The smallest absolute Gasteiger partial charge is 0.267 e. The number of nitrogens with zero attached hydrogens (tertiary/aromatic N) is 2. The molecule has 1 amide bonds. The number of rotatable bonds is 4. The fourth-order valence-corrected chi connectivity index (χ4v) is 5.91. The number of fused-ring (bicyclic) bond motifs is 3. The quantitative estimate of drug-likeness (QED) is 0.494. The van der Waals surface area contributed by atoms with Gasteiger partial charge >= 0.3 is 0 Å². The lowest BCUT2D eigenvalue weighted by Crippen LogP contribution is -2.29. The van der Waals surface area contributed by atoms with E-state index in [1.165, 1.54) is 16.6 Å². The summed E-state index contributed by atoms with van der Waals surface area (Å²) in [6.07, 6.45) is 4.19. The van der Waals surface area contributed by atoms with Gasteiger partial charge in [0.05, 0.1) is 16.3 Å². The summed E-state index contributed by atoms with van der Waals surface area (Å²) in [6.45, 7) is 1.81. The van der Waals surface area contributed by atoms with Crippen LogP contribution in [0, 0.1) is 0 Å². The van der Waals surface area contributed by atoms with Crippen molar-refractivity contribution in [3.8, 4) is 5.69 Å². The van der Waals surface area contributed by atoms with E-state index in [0.717, 1.165) is 41.5 Å². The van der Waals surface area contributed by atoms with Gasteiger partial charge < -0.3 is 5.32 Å². The Morgan fingerprint density at radius 1 is 1.29 bits per heavy atom. The molecule has 5 nitrogen and oxygen atoms in total. The van der Waals surface area contributed by atoms with E-state index >= 15 is 0 Å². The second kappa shape index (κ2) is 7.89.